The van der Waals surface area contributed by atoms with Gasteiger partial charge in [-0.3, -0.25) is 14.5 Å². The Morgan fingerprint density at radius 2 is 1.66 bits per heavy atom. The number of carbonyl (C=O) groups excluding carboxylic acids is 2. The monoisotopic (exact) mass is 612 g/mol. The number of fused-ring (bicyclic) bond motifs is 6. The molecular formula is C31H36N2O11. The standard InChI is InChI=1S/C31H36N2O11/c1-15-9-19-16(10-20(15)43-31-29(38)28(37)27(36)23(13-34)44-31)24-25(17-11-21-22(42-14-41-21)12-18(17)26(24)35)33(30(19)39)4-2-3-32-5-7-40-8-6-32/h9-12,23-25,27-29,31,34,36-38H,2-8,13-14H2,1H3/t23-,24?,25?,27+,28+,29-,31-/m1/s1. The average molecular weight is 613 g/mol. The van der Waals surface area contributed by atoms with Gasteiger partial charge in [0.1, 0.15) is 30.2 Å². The first-order chi connectivity index (χ1) is 21.3. The summed E-state index contributed by atoms with van der Waals surface area (Å²) in [5.74, 6) is 0.164. The number of ketones is 1. The predicted molar refractivity (Wildman–Crippen MR) is 151 cm³/mol. The number of carbonyl (C=O) groups is 2. The molecule has 0 bridgehead atoms. The Morgan fingerprint density at radius 3 is 2.41 bits per heavy atom. The summed E-state index contributed by atoms with van der Waals surface area (Å²) in [6, 6.07) is 6.21. The van der Waals surface area contributed by atoms with Crippen LogP contribution in [0.15, 0.2) is 24.3 Å². The van der Waals surface area contributed by atoms with Crippen LogP contribution in [0.3, 0.4) is 0 Å². The van der Waals surface area contributed by atoms with Crippen LogP contribution >= 0.6 is 0 Å². The SMILES string of the molecule is Cc1cc2c(cc1O[C@@H]1O[C@H](CO)[C@H](O)[C@H](O)[C@H]1O)C1C(=O)c3cc4c(cc3C1N(CCCN1CCOCC1)C2=O)OCO4. The van der Waals surface area contributed by atoms with E-state index in [1.807, 2.05) is 0 Å². The number of aryl methyl sites for hydroxylation is 1. The topological polar surface area (TPSA) is 168 Å². The van der Waals surface area contributed by atoms with Crippen molar-refractivity contribution in [3.8, 4) is 17.2 Å². The van der Waals surface area contributed by atoms with Crippen molar-refractivity contribution in [2.24, 2.45) is 0 Å². The van der Waals surface area contributed by atoms with E-state index in [4.69, 9.17) is 23.7 Å². The van der Waals surface area contributed by atoms with Crippen LogP contribution in [0.2, 0.25) is 0 Å². The lowest BCUT2D eigenvalue weighted by Crippen LogP contribution is -2.60. The molecule has 2 saturated heterocycles. The summed E-state index contributed by atoms with van der Waals surface area (Å²) in [4.78, 5) is 32.4. The van der Waals surface area contributed by atoms with E-state index in [0.29, 0.717) is 59.1 Å². The van der Waals surface area contributed by atoms with Crippen molar-refractivity contribution in [3.63, 3.8) is 0 Å². The van der Waals surface area contributed by atoms with Crippen molar-refractivity contribution in [1.82, 2.24) is 9.80 Å². The first-order valence-electron chi connectivity index (χ1n) is 15.0. The fourth-order valence-corrected chi connectivity index (χ4v) is 6.94. The van der Waals surface area contributed by atoms with Crippen molar-refractivity contribution in [2.75, 3.05) is 52.8 Å². The molecule has 2 fully saturated rings. The summed E-state index contributed by atoms with van der Waals surface area (Å²) >= 11 is 0. The number of amides is 1. The summed E-state index contributed by atoms with van der Waals surface area (Å²) in [5.41, 5.74) is 2.59. The summed E-state index contributed by atoms with van der Waals surface area (Å²) in [6.45, 7) is 5.47. The summed E-state index contributed by atoms with van der Waals surface area (Å²) in [5, 5.41) is 40.6. The smallest absolute Gasteiger partial charge is 0.254 e. The van der Waals surface area contributed by atoms with Crippen molar-refractivity contribution >= 4 is 11.7 Å². The van der Waals surface area contributed by atoms with E-state index in [-0.39, 0.29) is 24.2 Å². The van der Waals surface area contributed by atoms with Gasteiger partial charge in [0, 0.05) is 37.3 Å². The van der Waals surface area contributed by atoms with Gasteiger partial charge in [0.25, 0.3) is 5.91 Å². The second kappa shape index (κ2) is 11.6. The maximum atomic E-state index is 14.2. The lowest BCUT2D eigenvalue weighted by Gasteiger charge is -2.41. The Kier molecular flexibility index (Phi) is 7.73. The third-order valence-corrected chi connectivity index (χ3v) is 9.30. The van der Waals surface area contributed by atoms with Crippen molar-refractivity contribution < 1.29 is 53.7 Å². The van der Waals surface area contributed by atoms with Crippen LogP contribution in [-0.4, -0.2) is 125 Å². The Hall–Kier alpha value is -3.30. The molecule has 44 heavy (non-hydrogen) atoms. The first-order valence-corrected chi connectivity index (χ1v) is 15.0. The van der Waals surface area contributed by atoms with Crippen LogP contribution in [0.4, 0.5) is 0 Å². The number of morpholine rings is 1. The Labute approximate surface area is 253 Å². The van der Waals surface area contributed by atoms with Gasteiger partial charge in [-0.1, -0.05) is 0 Å². The van der Waals surface area contributed by atoms with Gasteiger partial charge in [-0.05, 0) is 54.3 Å². The van der Waals surface area contributed by atoms with Crippen LogP contribution in [0.5, 0.6) is 17.2 Å². The van der Waals surface area contributed by atoms with Crippen LogP contribution in [0.1, 0.15) is 55.8 Å². The van der Waals surface area contributed by atoms with Crippen molar-refractivity contribution in [2.45, 2.75) is 56.0 Å². The molecule has 1 amide bonds. The highest BCUT2D eigenvalue weighted by Gasteiger charge is 2.51. The minimum absolute atomic E-state index is 0.0590. The molecule has 2 unspecified atom stereocenters. The Bertz CT molecular complexity index is 1460. The van der Waals surface area contributed by atoms with E-state index in [0.717, 1.165) is 26.1 Å². The van der Waals surface area contributed by atoms with Crippen molar-refractivity contribution in [1.29, 1.82) is 0 Å². The molecule has 7 atom stereocenters. The minimum Gasteiger partial charge on any atom is -0.462 e. The third-order valence-electron chi connectivity index (χ3n) is 9.30. The number of aliphatic hydroxyl groups excluding tert-OH is 4. The largest absolute Gasteiger partial charge is 0.462 e. The number of benzene rings is 2. The van der Waals surface area contributed by atoms with E-state index in [1.165, 1.54) is 0 Å². The van der Waals surface area contributed by atoms with Gasteiger partial charge >= 0.3 is 0 Å². The number of nitrogens with zero attached hydrogens (tertiary/aromatic N) is 2. The van der Waals surface area contributed by atoms with Crippen LogP contribution in [-0.2, 0) is 9.47 Å². The average Bonchev–Trinajstić information content (AvgIpc) is 3.60. The van der Waals surface area contributed by atoms with Crippen molar-refractivity contribution in [3.05, 3.63) is 52.1 Å². The summed E-state index contributed by atoms with van der Waals surface area (Å²) in [6.07, 6.45) is -6.60. The van der Waals surface area contributed by atoms with Crippen LogP contribution in [0, 0.1) is 6.92 Å². The molecule has 7 rings (SSSR count). The van der Waals surface area contributed by atoms with Gasteiger partial charge in [0.15, 0.2) is 17.3 Å². The van der Waals surface area contributed by atoms with Gasteiger partial charge < -0.3 is 49.0 Å². The van der Waals surface area contributed by atoms with E-state index >= 15 is 0 Å². The molecule has 0 saturated carbocycles. The van der Waals surface area contributed by atoms with Gasteiger partial charge in [0.05, 0.1) is 31.8 Å². The molecule has 2 aromatic carbocycles. The molecule has 1 aliphatic carbocycles. The first kappa shape index (κ1) is 29.4. The second-order valence-electron chi connectivity index (χ2n) is 11.9. The number of ether oxygens (including phenoxy) is 5. The summed E-state index contributed by atoms with van der Waals surface area (Å²) < 4.78 is 28.2. The van der Waals surface area contributed by atoms with Gasteiger partial charge in [-0.25, -0.2) is 0 Å². The predicted octanol–water partition coefficient (Wildman–Crippen LogP) is 0.102. The molecule has 13 nitrogen and oxygen atoms in total. The van der Waals surface area contributed by atoms with Gasteiger partial charge in [-0.2, -0.15) is 0 Å². The van der Waals surface area contributed by atoms with E-state index in [9.17, 15) is 30.0 Å². The molecule has 2 aromatic rings. The molecule has 4 N–H and O–H groups in total. The van der Waals surface area contributed by atoms with Gasteiger partial charge in [-0.15, -0.1) is 0 Å². The molecule has 0 radical (unpaired) electrons. The third kappa shape index (κ3) is 4.83. The van der Waals surface area contributed by atoms with E-state index in [1.54, 1.807) is 36.1 Å². The number of hydrogen-bond acceptors (Lipinski definition) is 12. The fraction of sp³-hybridized carbons (Fsp3) is 0.548. The number of rotatable bonds is 7. The minimum atomic E-state index is -1.61. The lowest BCUT2D eigenvalue weighted by molar-refractivity contribution is -0.277. The van der Waals surface area contributed by atoms with E-state index in [2.05, 4.69) is 4.90 Å². The highest BCUT2D eigenvalue weighted by atomic mass is 16.7. The van der Waals surface area contributed by atoms with Gasteiger partial charge in [0.2, 0.25) is 13.1 Å². The number of Topliss-reactive ketones (excluding diaryl/α,β-unsaturated/α-hetero) is 1. The summed E-state index contributed by atoms with van der Waals surface area (Å²) in [7, 11) is 0. The highest BCUT2D eigenvalue weighted by Crippen LogP contribution is 2.54. The van der Waals surface area contributed by atoms with Crippen LogP contribution < -0.4 is 14.2 Å². The highest BCUT2D eigenvalue weighted by molar-refractivity contribution is 6.11. The Morgan fingerprint density at radius 1 is 0.909 bits per heavy atom. The maximum Gasteiger partial charge on any atom is 0.254 e. The lowest BCUT2D eigenvalue weighted by atomic mass is 9.82. The maximum absolute atomic E-state index is 14.2. The molecule has 13 heteroatoms. The molecular weight excluding hydrogens is 576 g/mol. The number of hydrogen-bond donors (Lipinski definition) is 4. The zero-order valence-corrected chi connectivity index (χ0v) is 24.3. The quantitative estimate of drug-likeness (QED) is 0.334. The fourth-order valence-electron chi connectivity index (χ4n) is 6.94. The molecule has 236 valence electrons. The zero-order valence-electron chi connectivity index (χ0n) is 24.3. The molecule has 5 aliphatic rings. The second-order valence-corrected chi connectivity index (χ2v) is 11.9. The molecule has 4 aliphatic heterocycles. The molecule has 0 spiro atoms. The number of aliphatic hydroxyl groups is 4. The molecule has 0 aromatic heterocycles. The van der Waals surface area contributed by atoms with E-state index < -0.39 is 49.3 Å². The molecule has 4 heterocycles. The Balaban J connectivity index is 1.24. The zero-order chi connectivity index (χ0) is 30.7. The normalized spacial score (nSPS) is 31.1. The van der Waals surface area contributed by atoms with Crippen LogP contribution in [0.25, 0.3) is 0 Å².